The molecular weight excluding hydrogens is 739 g/mol. The third-order valence-corrected chi connectivity index (χ3v) is 9.54. The molecule has 0 aliphatic carbocycles. The first-order chi connectivity index (χ1) is 26.8. The van der Waals surface area contributed by atoms with Crippen molar-refractivity contribution in [3.8, 4) is 0 Å². The Morgan fingerprint density at radius 2 is 1.33 bits per heavy atom. The minimum atomic E-state index is -0.542. The molecule has 1 atom stereocenters. The highest BCUT2D eigenvalue weighted by molar-refractivity contribution is 6.01. The van der Waals surface area contributed by atoms with Gasteiger partial charge in [0.1, 0.15) is 41.2 Å². The number of rotatable bonds is 0. The lowest BCUT2D eigenvalue weighted by atomic mass is 9.85. The summed E-state index contributed by atoms with van der Waals surface area (Å²) in [5.74, 6) is 3.51. The molecule has 58 heavy (non-hydrogen) atoms. The molecule has 17 nitrogen and oxygen atoms in total. The number of nitrogens with zero attached hydrogens (tertiary/aromatic N) is 4. The zero-order valence-electron chi connectivity index (χ0n) is 35.5. The van der Waals surface area contributed by atoms with E-state index in [9.17, 15) is 19.2 Å². The smallest absolute Gasteiger partial charge is 0.327 e. The number of H-pyrrole nitrogens is 6. The van der Waals surface area contributed by atoms with Crippen molar-refractivity contribution in [1.82, 2.24) is 44.9 Å². The Labute approximate surface area is 335 Å². The highest BCUT2D eigenvalue weighted by atomic mass is 16.2. The summed E-state index contributed by atoms with van der Waals surface area (Å²) in [7, 11) is 0. The molecule has 1 aromatic carbocycles. The zero-order valence-corrected chi connectivity index (χ0v) is 35.5. The van der Waals surface area contributed by atoms with Crippen molar-refractivity contribution in [2.45, 2.75) is 112 Å². The van der Waals surface area contributed by atoms with Crippen molar-refractivity contribution < 1.29 is 0 Å². The molecule has 0 saturated carbocycles. The second kappa shape index (κ2) is 15.9. The molecule has 310 valence electrons. The second-order valence-electron chi connectivity index (χ2n) is 18.6. The monoisotopic (exact) mass is 795 g/mol. The van der Waals surface area contributed by atoms with Crippen LogP contribution in [0.5, 0.6) is 0 Å². The molecule has 7 heterocycles. The number of benzene rings is 1. The predicted octanol–water partition coefficient (Wildman–Crippen LogP) is 5.01. The molecule has 0 radical (unpaired) electrons. The number of anilines is 2. The van der Waals surface area contributed by atoms with Gasteiger partial charge in [0.2, 0.25) is 0 Å². The van der Waals surface area contributed by atoms with Gasteiger partial charge in [-0.3, -0.25) is 34.5 Å². The average Bonchev–Trinajstić information content (AvgIpc) is 3.86. The number of pyridine rings is 1. The second-order valence-corrected chi connectivity index (χ2v) is 18.6. The molecule has 10 N–H and O–H groups in total. The Morgan fingerprint density at radius 3 is 1.95 bits per heavy atom. The van der Waals surface area contributed by atoms with Crippen LogP contribution in [0, 0.1) is 5.41 Å². The van der Waals surface area contributed by atoms with Gasteiger partial charge < -0.3 is 26.3 Å². The highest BCUT2D eigenvalue weighted by Gasteiger charge is 2.33. The number of fused-ring (bicyclic) bond motifs is 4. The Balaban J connectivity index is 0.000000147. The van der Waals surface area contributed by atoms with Gasteiger partial charge in [0.15, 0.2) is 11.5 Å². The summed E-state index contributed by atoms with van der Waals surface area (Å²) in [6.45, 7) is 25.6. The quantitative estimate of drug-likeness (QED) is 0.0992. The predicted molar refractivity (Wildman–Crippen MR) is 231 cm³/mol. The summed E-state index contributed by atoms with van der Waals surface area (Å²) in [4.78, 5) is 77.6. The number of aromatic nitrogens is 9. The molecule has 0 saturated heterocycles. The van der Waals surface area contributed by atoms with Gasteiger partial charge in [0.05, 0.1) is 11.1 Å². The number of hydrogen-bond donors (Lipinski definition) is 9. The lowest BCUT2D eigenvalue weighted by molar-refractivity contribution is 0.347. The van der Waals surface area contributed by atoms with E-state index in [2.05, 4.69) is 141 Å². The number of nitrogens with one attached hydrogen (secondary N) is 8. The van der Waals surface area contributed by atoms with Crippen LogP contribution >= 0.6 is 0 Å². The van der Waals surface area contributed by atoms with Crippen LogP contribution in [0.25, 0.3) is 22.1 Å². The van der Waals surface area contributed by atoms with E-state index >= 15 is 0 Å². The first-order valence-corrected chi connectivity index (χ1v) is 19.2. The molecule has 0 fully saturated rings. The van der Waals surface area contributed by atoms with Gasteiger partial charge >= 0.3 is 11.4 Å². The van der Waals surface area contributed by atoms with E-state index in [0.717, 1.165) is 22.9 Å². The fourth-order valence-corrected chi connectivity index (χ4v) is 5.87. The molecule has 1 unspecified atom stereocenters. The van der Waals surface area contributed by atoms with E-state index in [0.29, 0.717) is 47.3 Å². The summed E-state index contributed by atoms with van der Waals surface area (Å²) in [6.07, 6.45) is 2.63. The van der Waals surface area contributed by atoms with E-state index in [-0.39, 0.29) is 33.3 Å². The van der Waals surface area contributed by atoms with E-state index < -0.39 is 16.9 Å². The van der Waals surface area contributed by atoms with Crippen molar-refractivity contribution in [3.63, 3.8) is 0 Å². The zero-order chi connectivity index (χ0) is 43.0. The van der Waals surface area contributed by atoms with Crippen molar-refractivity contribution in [1.29, 1.82) is 0 Å². The molecule has 6 aromatic rings. The summed E-state index contributed by atoms with van der Waals surface area (Å²) in [6, 6.07) is 10.6. The Morgan fingerprint density at radius 1 is 0.707 bits per heavy atom. The molecule has 0 spiro atoms. The average molecular weight is 796 g/mol. The topological polar surface area (TPSA) is 264 Å². The van der Waals surface area contributed by atoms with Crippen molar-refractivity contribution in [2.24, 2.45) is 16.1 Å². The number of hydrogen-bond acceptors (Lipinski definition) is 11. The molecule has 8 rings (SSSR count). The first kappa shape index (κ1) is 42.9. The van der Waals surface area contributed by atoms with E-state index in [1.807, 2.05) is 39.1 Å². The van der Waals surface area contributed by atoms with Crippen LogP contribution in [0.1, 0.15) is 112 Å². The molecule has 17 heteroatoms. The highest BCUT2D eigenvalue weighted by Crippen LogP contribution is 2.31. The maximum Gasteiger partial charge on any atom is 0.327 e. The molecule has 2 aliphatic heterocycles. The fraction of sp³-hybridized carbons (Fsp3) is 0.463. The fourth-order valence-electron chi connectivity index (χ4n) is 5.87. The minimum absolute atomic E-state index is 0.000694. The lowest BCUT2D eigenvalue weighted by Crippen LogP contribution is -2.32. The number of aromatic amines is 6. The summed E-state index contributed by atoms with van der Waals surface area (Å²) in [5.41, 5.74) is 8.47. The standard InChI is InChI=1S/C13H15N.C10H15N3O2.C9H15N5.C9H12N4O2/c1-13(2,3)11-8-10-6-4-5-7-12(10)14-9-11;1-10(2,3)6-4-5-7(11-6)12-9(15)13-8(5)14;1-9(2,3)8-13-5-6(10)11-4-12-7(5)14-8;1-9(2,3)7-10-4-5(11-7)12-8(15)13-6(4)14/h4-9H,1-3H3;6H,4H2,1-3H3,(H3,11,12,13,14,15);12H,4H2,1-3H3,(H2,10,11)(H,13,14);1-3H3,(H3,10,11,12,13,14,15). The summed E-state index contributed by atoms with van der Waals surface area (Å²) >= 11 is 0. The molecule has 0 amide bonds. The van der Waals surface area contributed by atoms with E-state index in [1.165, 1.54) is 10.9 Å². The van der Waals surface area contributed by atoms with Crippen LogP contribution in [0.2, 0.25) is 0 Å². The maximum atomic E-state index is 11.5. The third kappa shape index (κ3) is 10.2. The number of aliphatic imine (C=N–C) groups is 1. The van der Waals surface area contributed by atoms with Gasteiger partial charge in [0.25, 0.3) is 11.1 Å². The van der Waals surface area contributed by atoms with Gasteiger partial charge in [-0.05, 0) is 28.5 Å². The van der Waals surface area contributed by atoms with Gasteiger partial charge in [-0.25, -0.2) is 24.5 Å². The van der Waals surface area contributed by atoms with Crippen LogP contribution < -0.4 is 38.9 Å². The molecule has 2 aliphatic rings. The van der Waals surface area contributed by atoms with Crippen LogP contribution in [0.3, 0.4) is 0 Å². The van der Waals surface area contributed by atoms with Crippen molar-refractivity contribution in [3.05, 3.63) is 107 Å². The van der Waals surface area contributed by atoms with Crippen LogP contribution in [-0.4, -0.2) is 63.4 Å². The van der Waals surface area contributed by atoms with Crippen LogP contribution in [-0.2, 0) is 22.7 Å². The lowest BCUT2D eigenvalue weighted by Gasteiger charge is -2.26. The third-order valence-electron chi connectivity index (χ3n) is 9.54. The molecular formula is C41H57N13O4. The van der Waals surface area contributed by atoms with Gasteiger partial charge in [0, 0.05) is 34.9 Å². The van der Waals surface area contributed by atoms with E-state index in [1.54, 1.807) is 0 Å². The van der Waals surface area contributed by atoms with Gasteiger partial charge in [-0.1, -0.05) is 101 Å². The first-order valence-electron chi connectivity index (χ1n) is 19.2. The largest absolute Gasteiger partial charge is 0.382 e. The number of para-hydroxylation sites is 1. The SMILES string of the molecule is CC(C)(C)C1Cc2c([nH]c(=O)[nH]c2=O)N1.CC(C)(C)c1cnc2ccccc2c1.CC(C)(C)c1nc2[nH]c(=O)[nH]c(=O)c2[nH]1.CC(C)(C)c1nc2c([nH]1)C(N)=NCN2. The summed E-state index contributed by atoms with van der Waals surface area (Å²) in [5, 5.41) is 7.48. The van der Waals surface area contributed by atoms with Crippen LogP contribution in [0.15, 0.2) is 60.7 Å². The van der Waals surface area contributed by atoms with Gasteiger partial charge in [-0.2, -0.15) is 0 Å². The van der Waals surface area contributed by atoms with Crippen molar-refractivity contribution >= 4 is 39.5 Å². The Bertz CT molecular complexity index is 2680. The summed E-state index contributed by atoms with van der Waals surface area (Å²) < 4.78 is 0. The normalized spacial score (nSPS) is 15.0. The van der Waals surface area contributed by atoms with Crippen LogP contribution in [0.4, 0.5) is 11.6 Å². The maximum absolute atomic E-state index is 11.5. The number of amidine groups is 1. The van der Waals surface area contributed by atoms with Crippen molar-refractivity contribution in [2.75, 3.05) is 17.3 Å². The Kier molecular flexibility index (Phi) is 11.8. The van der Waals surface area contributed by atoms with Gasteiger partial charge in [-0.15, -0.1) is 0 Å². The molecule has 5 aromatic heterocycles. The Hall–Kier alpha value is -6.26. The van der Waals surface area contributed by atoms with E-state index in [4.69, 9.17) is 5.73 Å². The minimum Gasteiger partial charge on any atom is -0.382 e. The number of nitrogens with two attached hydrogens (primary N) is 1. The molecule has 0 bridgehead atoms. The number of imidazole rings is 2.